The summed E-state index contributed by atoms with van der Waals surface area (Å²) in [6.07, 6.45) is 2.38. The maximum absolute atomic E-state index is 12.5. The molecule has 28 heavy (non-hydrogen) atoms. The number of pyridine rings is 1. The standard InChI is InChI=1S/C23H25N3O2/c1-16-7-8-17(2)21(13-16)26-22-15-19(10-12-24-22)23(27)25-11-9-18-5-4-6-20(14-18)28-3/h4-8,10,12-15H,9,11H2,1-3H3,(H,24,26)(H,25,27). The predicted molar refractivity (Wildman–Crippen MR) is 112 cm³/mol. The molecule has 0 bridgehead atoms. The molecule has 0 atom stereocenters. The Labute approximate surface area is 165 Å². The van der Waals surface area contributed by atoms with Gasteiger partial charge in [-0.25, -0.2) is 4.98 Å². The van der Waals surface area contributed by atoms with Crippen molar-refractivity contribution in [3.8, 4) is 5.75 Å². The highest BCUT2D eigenvalue weighted by Crippen LogP contribution is 2.21. The van der Waals surface area contributed by atoms with E-state index >= 15 is 0 Å². The highest BCUT2D eigenvalue weighted by molar-refractivity contribution is 5.94. The third-order valence-electron chi connectivity index (χ3n) is 4.51. The lowest BCUT2D eigenvalue weighted by Crippen LogP contribution is -2.25. The first-order chi connectivity index (χ1) is 13.5. The molecule has 2 N–H and O–H groups in total. The van der Waals surface area contributed by atoms with Gasteiger partial charge in [0.15, 0.2) is 0 Å². The zero-order valence-electron chi connectivity index (χ0n) is 16.5. The fourth-order valence-corrected chi connectivity index (χ4v) is 2.90. The Morgan fingerprint density at radius 1 is 1.07 bits per heavy atom. The van der Waals surface area contributed by atoms with E-state index in [4.69, 9.17) is 4.74 Å². The van der Waals surface area contributed by atoms with Crippen LogP contribution in [0.1, 0.15) is 27.0 Å². The van der Waals surface area contributed by atoms with Crippen molar-refractivity contribution in [3.05, 3.63) is 83.0 Å². The number of methoxy groups -OCH3 is 1. The molecule has 144 valence electrons. The van der Waals surface area contributed by atoms with Crippen LogP contribution in [0.4, 0.5) is 11.5 Å². The van der Waals surface area contributed by atoms with Crippen LogP contribution in [-0.4, -0.2) is 24.5 Å². The van der Waals surface area contributed by atoms with Crippen molar-refractivity contribution >= 4 is 17.4 Å². The largest absolute Gasteiger partial charge is 0.497 e. The lowest BCUT2D eigenvalue weighted by atomic mass is 10.1. The predicted octanol–water partition coefficient (Wildman–Crippen LogP) is 4.42. The summed E-state index contributed by atoms with van der Waals surface area (Å²) in [6, 6.07) is 17.5. The normalized spacial score (nSPS) is 10.4. The summed E-state index contributed by atoms with van der Waals surface area (Å²) in [7, 11) is 1.65. The van der Waals surface area contributed by atoms with Crippen LogP contribution in [0.3, 0.4) is 0 Å². The third-order valence-corrected chi connectivity index (χ3v) is 4.51. The fourth-order valence-electron chi connectivity index (χ4n) is 2.90. The second-order valence-electron chi connectivity index (χ2n) is 6.73. The topological polar surface area (TPSA) is 63.2 Å². The van der Waals surface area contributed by atoms with Crippen LogP contribution in [0.25, 0.3) is 0 Å². The van der Waals surface area contributed by atoms with Crippen LogP contribution in [-0.2, 0) is 6.42 Å². The van der Waals surface area contributed by atoms with Gasteiger partial charge in [-0.3, -0.25) is 4.79 Å². The van der Waals surface area contributed by atoms with E-state index in [1.165, 1.54) is 5.56 Å². The number of carbonyl (C=O) groups is 1. The quantitative estimate of drug-likeness (QED) is 0.641. The maximum atomic E-state index is 12.5. The number of nitrogens with one attached hydrogen (secondary N) is 2. The number of ether oxygens (including phenoxy) is 1. The Kier molecular flexibility index (Phi) is 6.27. The molecule has 0 aliphatic carbocycles. The monoisotopic (exact) mass is 375 g/mol. The molecule has 5 heteroatoms. The molecule has 3 rings (SSSR count). The third kappa shape index (κ3) is 5.10. The van der Waals surface area contributed by atoms with E-state index in [1.807, 2.05) is 38.1 Å². The summed E-state index contributed by atoms with van der Waals surface area (Å²) in [6.45, 7) is 4.63. The van der Waals surface area contributed by atoms with E-state index in [1.54, 1.807) is 25.4 Å². The number of hydrogen-bond donors (Lipinski definition) is 2. The number of aromatic nitrogens is 1. The van der Waals surface area contributed by atoms with Gasteiger partial charge in [-0.05, 0) is 67.3 Å². The van der Waals surface area contributed by atoms with Gasteiger partial charge in [-0.15, -0.1) is 0 Å². The van der Waals surface area contributed by atoms with Gasteiger partial charge in [-0.2, -0.15) is 0 Å². The van der Waals surface area contributed by atoms with Crippen LogP contribution >= 0.6 is 0 Å². The van der Waals surface area contributed by atoms with Crippen molar-refractivity contribution in [2.24, 2.45) is 0 Å². The molecule has 0 spiro atoms. The van der Waals surface area contributed by atoms with Crippen molar-refractivity contribution in [1.29, 1.82) is 0 Å². The molecule has 0 radical (unpaired) electrons. The Balaban J connectivity index is 1.61. The first-order valence-electron chi connectivity index (χ1n) is 9.26. The first-order valence-corrected chi connectivity index (χ1v) is 9.26. The number of carbonyl (C=O) groups excluding carboxylic acids is 1. The van der Waals surface area contributed by atoms with Crippen molar-refractivity contribution < 1.29 is 9.53 Å². The summed E-state index contributed by atoms with van der Waals surface area (Å²) in [5.41, 5.74) is 4.98. The Hall–Kier alpha value is -3.34. The van der Waals surface area contributed by atoms with Crippen molar-refractivity contribution in [3.63, 3.8) is 0 Å². The van der Waals surface area contributed by atoms with Gasteiger partial charge in [0.1, 0.15) is 11.6 Å². The van der Waals surface area contributed by atoms with Gasteiger partial charge in [0.05, 0.1) is 7.11 Å². The van der Waals surface area contributed by atoms with Gasteiger partial charge in [0, 0.05) is 24.0 Å². The first kappa shape index (κ1) is 19.4. The number of rotatable bonds is 7. The Bertz CT molecular complexity index is 970. The summed E-state index contributed by atoms with van der Waals surface area (Å²) in [5, 5.41) is 6.26. The number of anilines is 2. The van der Waals surface area contributed by atoms with Crippen LogP contribution in [0.15, 0.2) is 60.8 Å². The second kappa shape index (κ2) is 9.04. The van der Waals surface area contributed by atoms with Crippen LogP contribution < -0.4 is 15.4 Å². The minimum Gasteiger partial charge on any atom is -0.497 e. The van der Waals surface area contributed by atoms with Gasteiger partial charge < -0.3 is 15.4 Å². The van der Waals surface area contributed by atoms with Gasteiger partial charge in [0.25, 0.3) is 5.91 Å². The molecular formula is C23H25N3O2. The second-order valence-corrected chi connectivity index (χ2v) is 6.73. The minimum absolute atomic E-state index is 0.116. The van der Waals surface area contributed by atoms with E-state index in [-0.39, 0.29) is 5.91 Å². The van der Waals surface area contributed by atoms with E-state index in [0.717, 1.165) is 29.0 Å². The van der Waals surface area contributed by atoms with E-state index < -0.39 is 0 Å². The Morgan fingerprint density at radius 3 is 2.75 bits per heavy atom. The molecule has 0 aliphatic rings. The maximum Gasteiger partial charge on any atom is 0.251 e. The summed E-state index contributed by atoms with van der Waals surface area (Å²) < 4.78 is 5.23. The molecular weight excluding hydrogens is 350 g/mol. The molecule has 1 heterocycles. The van der Waals surface area contributed by atoms with Crippen LogP contribution in [0.2, 0.25) is 0 Å². The highest BCUT2D eigenvalue weighted by atomic mass is 16.5. The molecule has 2 aromatic carbocycles. The fraction of sp³-hybridized carbons (Fsp3) is 0.217. The average molecular weight is 375 g/mol. The number of benzene rings is 2. The minimum atomic E-state index is -0.116. The van der Waals surface area contributed by atoms with E-state index in [2.05, 4.69) is 33.8 Å². The zero-order chi connectivity index (χ0) is 19.9. The number of hydrogen-bond acceptors (Lipinski definition) is 4. The molecule has 0 saturated heterocycles. The molecule has 0 fully saturated rings. The molecule has 0 unspecified atom stereocenters. The molecule has 1 aromatic heterocycles. The van der Waals surface area contributed by atoms with Crippen molar-refractivity contribution in [2.45, 2.75) is 20.3 Å². The molecule has 3 aromatic rings. The average Bonchev–Trinajstić information content (AvgIpc) is 2.71. The number of nitrogens with zero attached hydrogens (tertiary/aromatic N) is 1. The van der Waals surface area contributed by atoms with Crippen LogP contribution in [0.5, 0.6) is 5.75 Å². The summed E-state index contributed by atoms with van der Waals surface area (Å²) in [5.74, 6) is 1.35. The van der Waals surface area contributed by atoms with E-state index in [0.29, 0.717) is 17.9 Å². The van der Waals surface area contributed by atoms with Gasteiger partial charge >= 0.3 is 0 Å². The Morgan fingerprint density at radius 2 is 1.93 bits per heavy atom. The lowest BCUT2D eigenvalue weighted by molar-refractivity contribution is 0.0954. The molecule has 0 aliphatic heterocycles. The molecule has 1 amide bonds. The van der Waals surface area contributed by atoms with Gasteiger partial charge in [-0.1, -0.05) is 24.3 Å². The molecule has 0 saturated carbocycles. The van der Waals surface area contributed by atoms with Crippen LogP contribution in [0, 0.1) is 13.8 Å². The van der Waals surface area contributed by atoms with Crippen molar-refractivity contribution in [2.75, 3.05) is 19.0 Å². The highest BCUT2D eigenvalue weighted by Gasteiger charge is 2.08. The number of amides is 1. The molecule has 5 nitrogen and oxygen atoms in total. The zero-order valence-corrected chi connectivity index (χ0v) is 16.5. The lowest BCUT2D eigenvalue weighted by Gasteiger charge is -2.11. The van der Waals surface area contributed by atoms with E-state index in [9.17, 15) is 4.79 Å². The SMILES string of the molecule is COc1cccc(CCNC(=O)c2ccnc(Nc3cc(C)ccc3C)c2)c1. The van der Waals surface area contributed by atoms with Gasteiger partial charge in [0.2, 0.25) is 0 Å². The summed E-state index contributed by atoms with van der Waals surface area (Å²) >= 11 is 0. The smallest absolute Gasteiger partial charge is 0.251 e. The van der Waals surface area contributed by atoms with Crippen molar-refractivity contribution in [1.82, 2.24) is 10.3 Å². The summed E-state index contributed by atoms with van der Waals surface area (Å²) in [4.78, 5) is 16.8. The number of aryl methyl sites for hydroxylation is 2.